The Bertz CT molecular complexity index is 498. The van der Waals surface area contributed by atoms with Crippen LogP contribution < -0.4 is 0 Å². The molecule has 0 spiro atoms. The number of phenolic OH excluding ortho intramolecular Hbond substituents is 1. The van der Waals surface area contributed by atoms with Crippen LogP contribution >= 0.6 is 0 Å². The number of phenols is 1. The summed E-state index contributed by atoms with van der Waals surface area (Å²) in [4.78, 5) is 11.6. The normalized spacial score (nSPS) is 11.1. The lowest BCUT2D eigenvalue weighted by atomic mass is 10.1. The molecule has 0 aliphatic rings. The number of rotatable bonds is 4. The minimum absolute atomic E-state index is 0.0157. The number of esters is 1. The minimum Gasteiger partial charge on any atom is -0.507 e. The average molecular weight is 245 g/mol. The molecule has 18 heavy (non-hydrogen) atoms. The third-order valence-electron chi connectivity index (χ3n) is 2.12. The monoisotopic (exact) mass is 245 g/mol. The van der Waals surface area contributed by atoms with Gasteiger partial charge in [0.05, 0.1) is 6.61 Å². The number of nitrogens with zero attached hydrogens (tertiary/aromatic N) is 1. The molecule has 0 bridgehead atoms. The van der Waals surface area contributed by atoms with Crippen molar-refractivity contribution in [1.29, 1.82) is 5.26 Å². The molecule has 0 atom stereocenters. The van der Waals surface area contributed by atoms with Gasteiger partial charge in [-0.1, -0.05) is 32.0 Å². The van der Waals surface area contributed by atoms with Crippen molar-refractivity contribution in [3.8, 4) is 11.8 Å². The van der Waals surface area contributed by atoms with E-state index < -0.39 is 5.97 Å². The molecular formula is C14H15NO3. The van der Waals surface area contributed by atoms with E-state index in [1.54, 1.807) is 24.3 Å². The van der Waals surface area contributed by atoms with Crippen LogP contribution in [0.1, 0.15) is 19.4 Å². The van der Waals surface area contributed by atoms with Gasteiger partial charge in [0.2, 0.25) is 0 Å². The molecule has 0 saturated carbocycles. The number of hydrogen-bond acceptors (Lipinski definition) is 4. The number of aromatic hydroxyl groups is 1. The second-order valence-corrected chi connectivity index (χ2v) is 4.22. The van der Waals surface area contributed by atoms with Crippen molar-refractivity contribution in [1.82, 2.24) is 0 Å². The first-order valence-electron chi connectivity index (χ1n) is 5.61. The van der Waals surface area contributed by atoms with Crippen molar-refractivity contribution >= 4 is 12.0 Å². The fraction of sp³-hybridized carbons (Fsp3) is 0.286. The van der Waals surface area contributed by atoms with Crippen molar-refractivity contribution in [2.75, 3.05) is 6.61 Å². The molecule has 0 unspecified atom stereocenters. The van der Waals surface area contributed by atoms with Gasteiger partial charge in [-0.3, -0.25) is 0 Å². The highest BCUT2D eigenvalue weighted by Crippen LogP contribution is 2.19. The van der Waals surface area contributed by atoms with Gasteiger partial charge in [-0.15, -0.1) is 0 Å². The summed E-state index contributed by atoms with van der Waals surface area (Å²) in [6.45, 7) is 4.08. The van der Waals surface area contributed by atoms with Crippen molar-refractivity contribution in [3.63, 3.8) is 0 Å². The molecule has 1 N–H and O–H groups in total. The van der Waals surface area contributed by atoms with Gasteiger partial charge in [0.25, 0.3) is 0 Å². The summed E-state index contributed by atoms with van der Waals surface area (Å²) in [6.07, 6.45) is 1.32. The number of carbonyl (C=O) groups excluding carboxylic acids is 1. The number of nitriles is 1. The van der Waals surface area contributed by atoms with Gasteiger partial charge in [0.1, 0.15) is 17.4 Å². The van der Waals surface area contributed by atoms with E-state index in [0.29, 0.717) is 5.56 Å². The third kappa shape index (κ3) is 3.95. The summed E-state index contributed by atoms with van der Waals surface area (Å²) in [5, 5.41) is 18.5. The lowest BCUT2D eigenvalue weighted by molar-refractivity contribution is -0.139. The maximum Gasteiger partial charge on any atom is 0.348 e. The SMILES string of the molecule is CC(C)COC(=O)C(C#N)=Cc1ccccc1O. The van der Waals surface area contributed by atoms with Crippen molar-refractivity contribution in [2.24, 2.45) is 5.92 Å². The minimum atomic E-state index is -0.672. The maximum absolute atomic E-state index is 11.6. The maximum atomic E-state index is 11.6. The highest BCUT2D eigenvalue weighted by molar-refractivity contribution is 5.98. The molecule has 1 aromatic rings. The van der Waals surface area contributed by atoms with Gasteiger partial charge in [-0.2, -0.15) is 5.26 Å². The van der Waals surface area contributed by atoms with Crippen LogP contribution in [0.3, 0.4) is 0 Å². The summed E-state index contributed by atoms with van der Waals surface area (Å²) >= 11 is 0. The summed E-state index contributed by atoms with van der Waals surface area (Å²) < 4.78 is 4.96. The van der Waals surface area contributed by atoms with Crippen LogP contribution in [-0.2, 0) is 9.53 Å². The Morgan fingerprint density at radius 3 is 2.72 bits per heavy atom. The average Bonchev–Trinajstić information content (AvgIpc) is 2.35. The first kappa shape index (κ1) is 13.8. The van der Waals surface area contributed by atoms with Crippen LogP contribution in [-0.4, -0.2) is 17.7 Å². The van der Waals surface area contributed by atoms with Crippen LogP contribution in [0.4, 0.5) is 0 Å². The fourth-order valence-electron chi connectivity index (χ4n) is 1.22. The number of benzene rings is 1. The first-order chi connectivity index (χ1) is 8.54. The van der Waals surface area contributed by atoms with E-state index >= 15 is 0 Å². The predicted molar refractivity (Wildman–Crippen MR) is 67.5 cm³/mol. The van der Waals surface area contributed by atoms with E-state index in [4.69, 9.17) is 10.00 Å². The Hall–Kier alpha value is -2.28. The van der Waals surface area contributed by atoms with Gasteiger partial charge < -0.3 is 9.84 Å². The number of carbonyl (C=O) groups is 1. The second-order valence-electron chi connectivity index (χ2n) is 4.22. The topological polar surface area (TPSA) is 70.3 Å². The highest BCUT2D eigenvalue weighted by atomic mass is 16.5. The van der Waals surface area contributed by atoms with Gasteiger partial charge in [0.15, 0.2) is 0 Å². The second kappa shape index (κ2) is 6.45. The lowest BCUT2D eigenvalue weighted by Crippen LogP contribution is -2.11. The highest BCUT2D eigenvalue weighted by Gasteiger charge is 2.12. The van der Waals surface area contributed by atoms with Crippen molar-refractivity contribution < 1.29 is 14.6 Å². The standard InChI is InChI=1S/C14H15NO3/c1-10(2)9-18-14(17)12(8-15)7-11-5-3-4-6-13(11)16/h3-7,10,16H,9H2,1-2H3. The van der Waals surface area contributed by atoms with Crippen molar-refractivity contribution in [2.45, 2.75) is 13.8 Å². The molecule has 0 aromatic heterocycles. The van der Waals surface area contributed by atoms with Crippen LogP contribution in [0.25, 0.3) is 6.08 Å². The Morgan fingerprint density at radius 2 is 2.17 bits per heavy atom. The molecule has 0 heterocycles. The zero-order valence-corrected chi connectivity index (χ0v) is 10.4. The molecular weight excluding hydrogens is 230 g/mol. The number of hydrogen-bond donors (Lipinski definition) is 1. The van der Waals surface area contributed by atoms with Gasteiger partial charge in [-0.25, -0.2) is 4.79 Å². The van der Waals surface area contributed by atoms with Gasteiger partial charge >= 0.3 is 5.97 Å². The molecule has 4 nitrogen and oxygen atoms in total. The van der Waals surface area contributed by atoms with Crippen molar-refractivity contribution in [3.05, 3.63) is 35.4 Å². The molecule has 0 aliphatic carbocycles. The molecule has 1 rings (SSSR count). The third-order valence-corrected chi connectivity index (χ3v) is 2.12. The van der Waals surface area contributed by atoms with Crippen LogP contribution in [0, 0.1) is 17.2 Å². The summed E-state index contributed by atoms with van der Waals surface area (Å²) in [5.41, 5.74) is 0.285. The molecule has 0 amide bonds. The fourth-order valence-corrected chi connectivity index (χ4v) is 1.22. The molecule has 0 saturated heterocycles. The molecule has 4 heteroatoms. The van der Waals surface area contributed by atoms with Gasteiger partial charge in [0, 0.05) is 5.56 Å². The van der Waals surface area contributed by atoms with Crippen LogP contribution in [0.5, 0.6) is 5.75 Å². The summed E-state index contributed by atoms with van der Waals surface area (Å²) in [7, 11) is 0. The lowest BCUT2D eigenvalue weighted by Gasteiger charge is -2.06. The van der Waals surface area contributed by atoms with E-state index in [9.17, 15) is 9.90 Å². The Morgan fingerprint density at radius 1 is 1.50 bits per heavy atom. The zero-order valence-electron chi connectivity index (χ0n) is 10.4. The van der Waals surface area contributed by atoms with E-state index in [-0.39, 0.29) is 23.8 Å². The molecule has 1 aromatic carbocycles. The number of para-hydroxylation sites is 1. The molecule has 0 radical (unpaired) electrons. The zero-order chi connectivity index (χ0) is 13.5. The van der Waals surface area contributed by atoms with E-state index in [1.165, 1.54) is 12.1 Å². The summed E-state index contributed by atoms with van der Waals surface area (Å²) in [5.74, 6) is -0.449. The Labute approximate surface area is 106 Å². The number of ether oxygens (including phenoxy) is 1. The Kier molecular flexibility index (Phi) is 4.94. The smallest absolute Gasteiger partial charge is 0.348 e. The molecule has 0 aliphatic heterocycles. The molecule has 94 valence electrons. The summed E-state index contributed by atoms with van der Waals surface area (Å²) in [6, 6.07) is 8.25. The van der Waals surface area contributed by atoms with Crippen LogP contribution in [0.15, 0.2) is 29.8 Å². The Balaban J connectivity index is 2.87. The predicted octanol–water partition coefficient (Wildman–Crippen LogP) is 2.50. The van der Waals surface area contributed by atoms with E-state index in [0.717, 1.165) is 0 Å². The first-order valence-corrected chi connectivity index (χ1v) is 5.61. The quantitative estimate of drug-likeness (QED) is 0.502. The van der Waals surface area contributed by atoms with E-state index in [1.807, 2.05) is 13.8 Å². The largest absolute Gasteiger partial charge is 0.507 e. The van der Waals surface area contributed by atoms with Crippen LogP contribution in [0.2, 0.25) is 0 Å². The van der Waals surface area contributed by atoms with Gasteiger partial charge in [-0.05, 0) is 18.1 Å². The van der Waals surface area contributed by atoms with E-state index in [2.05, 4.69) is 0 Å². The molecule has 0 fully saturated rings.